The van der Waals surface area contributed by atoms with Gasteiger partial charge in [0, 0.05) is 23.7 Å². The number of benzene rings is 3. The van der Waals surface area contributed by atoms with Crippen molar-refractivity contribution in [3.05, 3.63) is 88.4 Å². The summed E-state index contributed by atoms with van der Waals surface area (Å²) in [6.45, 7) is 1.75. The molecule has 7 heteroatoms. The van der Waals surface area contributed by atoms with Crippen LogP contribution in [0.15, 0.2) is 76.5 Å². The van der Waals surface area contributed by atoms with Crippen molar-refractivity contribution in [2.24, 2.45) is 0 Å². The summed E-state index contributed by atoms with van der Waals surface area (Å²) in [5.41, 5.74) is 2.32. The molecule has 0 radical (unpaired) electrons. The molecule has 0 spiro atoms. The van der Waals surface area contributed by atoms with E-state index in [1.807, 2.05) is 17.0 Å². The Hall–Kier alpha value is -2.96. The molecule has 3 aromatic rings. The lowest BCUT2D eigenvalue weighted by Gasteiger charge is -2.25. The van der Waals surface area contributed by atoms with Crippen molar-refractivity contribution in [1.82, 2.24) is 4.90 Å². The van der Waals surface area contributed by atoms with Gasteiger partial charge in [0.25, 0.3) is 11.8 Å². The molecular formula is C27H25ClN2O3S. The standard InChI is InChI=1S/C27H25ClN2O3S/c28-21-12-9-19(10-13-21)18-30-23-17-20(26(31)29-15-5-1-2-6-16-29)11-14-25(23)34(33)24-8-4-3-7-22(24)27(30)32/h3-4,7-14,17H,1-2,5-6,15-16,18H2. The zero-order valence-electron chi connectivity index (χ0n) is 18.7. The van der Waals surface area contributed by atoms with E-state index in [2.05, 4.69) is 0 Å². The molecule has 2 amide bonds. The van der Waals surface area contributed by atoms with Crippen molar-refractivity contribution in [3.8, 4) is 0 Å². The van der Waals surface area contributed by atoms with E-state index in [-0.39, 0.29) is 18.4 Å². The third-order valence-corrected chi connectivity index (χ3v) is 8.16. The number of likely N-dealkylation sites (tertiary alicyclic amines) is 1. The Labute approximate surface area is 206 Å². The van der Waals surface area contributed by atoms with Crippen LogP contribution in [0.1, 0.15) is 52.0 Å². The van der Waals surface area contributed by atoms with Crippen LogP contribution >= 0.6 is 11.6 Å². The van der Waals surface area contributed by atoms with Crippen LogP contribution in [0.25, 0.3) is 0 Å². The summed E-state index contributed by atoms with van der Waals surface area (Å²) in [5.74, 6) is -0.284. The highest BCUT2D eigenvalue weighted by Gasteiger charge is 2.32. The molecule has 0 aromatic heterocycles. The highest BCUT2D eigenvalue weighted by atomic mass is 35.5. The Morgan fingerprint density at radius 1 is 0.882 bits per heavy atom. The molecular weight excluding hydrogens is 468 g/mol. The van der Waals surface area contributed by atoms with Gasteiger partial charge in [-0.15, -0.1) is 0 Å². The van der Waals surface area contributed by atoms with E-state index in [4.69, 9.17) is 11.6 Å². The smallest absolute Gasteiger partial charge is 0.259 e. The van der Waals surface area contributed by atoms with Crippen LogP contribution in [0, 0.1) is 0 Å². The molecule has 0 bridgehead atoms. The summed E-state index contributed by atoms with van der Waals surface area (Å²) in [4.78, 5) is 31.6. The van der Waals surface area contributed by atoms with Crippen LogP contribution in [0.4, 0.5) is 5.69 Å². The van der Waals surface area contributed by atoms with Crippen LogP contribution < -0.4 is 4.90 Å². The van der Waals surface area contributed by atoms with Crippen molar-refractivity contribution in [2.45, 2.75) is 42.0 Å². The van der Waals surface area contributed by atoms with Crippen molar-refractivity contribution in [1.29, 1.82) is 0 Å². The van der Waals surface area contributed by atoms with Gasteiger partial charge in [0.2, 0.25) is 0 Å². The third kappa shape index (κ3) is 4.40. The Morgan fingerprint density at radius 3 is 2.32 bits per heavy atom. The zero-order chi connectivity index (χ0) is 23.7. The van der Waals surface area contributed by atoms with E-state index >= 15 is 0 Å². The average molecular weight is 493 g/mol. The molecule has 1 atom stereocenters. The van der Waals surface area contributed by atoms with Gasteiger partial charge in [0.1, 0.15) is 0 Å². The van der Waals surface area contributed by atoms with Gasteiger partial charge in [-0.25, -0.2) is 4.21 Å². The van der Waals surface area contributed by atoms with Gasteiger partial charge in [-0.05, 0) is 60.9 Å². The molecule has 2 aliphatic rings. The fourth-order valence-electron chi connectivity index (χ4n) is 4.58. The predicted octanol–water partition coefficient (Wildman–Crippen LogP) is 5.68. The first-order valence-corrected chi connectivity index (χ1v) is 13.1. The van der Waals surface area contributed by atoms with Crippen LogP contribution in [-0.2, 0) is 17.3 Å². The second kappa shape index (κ2) is 9.72. The quantitative estimate of drug-likeness (QED) is 0.472. The first-order valence-electron chi connectivity index (χ1n) is 11.5. The summed E-state index contributed by atoms with van der Waals surface area (Å²) < 4.78 is 13.6. The maximum Gasteiger partial charge on any atom is 0.259 e. The van der Waals surface area contributed by atoms with Gasteiger partial charge in [0.05, 0.1) is 38.4 Å². The molecule has 2 aliphatic heterocycles. The average Bonchev–Trinajstić information content (AvgIpc) is 3.19. The molecule has 0 N–H and O–H groups in total. The van der Waals surface area contributed by atoms with Gasteiger partial charge in [0.15, 0.2) is 0 Å². The van der Waals surface area contributed by atoms with E-state index in [9.17, 15) is 13.8 Å². The fraction of sp³-hybridized carbons (Fsp3) is 0.259. The molecule has 0 saturated carbocycles. The van der Waals surface area contributed by atoms with E-state index in [0.717, 1.165) is 44.3 Å². The largest absolute Gasteiger partial charge is 0.339 e. The third-order valence-electron chi connectivity index (χ3n) is 6.41. The van der Waals surface area contributed by atoms with Crippen molar-refractivity contribution >= 4 is 39.9 Å². The number of rotatable bonds is 3. The lowest BCUT2D eigenvalue weighted by Crippen LogP contribution is -2.33. The minimum absolute atomic E-state index is 0.0452. The number of anilines is 1. The van der Waals surface area contributed by atoms with E-state index in [1.54, 1.807) is 59.5 Å². The molecule has 1 fully saturated rings. The normalized spacial score (nSPS) is 18.0. The predicted molar refractivity (Wildman–Crippen MR) is 134 cm³/mol. The first kappa shape index (κ1) is 22.8. The minimum atomic E-state index is -1.55. The lowest BCUT2D eigenvalue weighted by atomic mass is 10.1. The summed E-state index contributed by atoms with van der Waals surface area (Å²) in [6, 6.07) is 19.5. The Bertz CT molecular complexity index is 1270. The van der Waals surface area contributed by atoms with Crippen LogP contribution in [-0.4, -0.2) is 34.0 Å². The molecule has 5 rings (SSSR count). The molecule has 1 unspecified atom stereocenters. The number of carbonyl (C=O) groups excluding carboxylic acids is 2. The van der Waals surface area contributed by atoms with Crippen molar-refractivity contribution in [2.75, 3.05) is 18.0 Å². The van der Waals surface area contributed by atoms with Crippen molar-refractivity contribution in [3.63, 3.8) is 0 Å². The minimum Gasteiger partial charge on any atom is -0.339 e. The second-order valence-electron chi connectivity index (χ2n) is 8.67. The van der Waals surface area contributed by atoms with Crippen molar-refractivity contribution < 1.29 is 13.8 Å². The number of carbonyl (C=O) groups is 2. The van der Waals surface area contributed by atoms with Crippen LogP contribution in [0.2, 0.25) is 5.02 Å². The van der Waals surface area contributed by atoms with Gasteiger partial charge < -0.3 is 9.80 Å². The maximum atomic E-state index is 13.7. The summed E-state index contributed by atoms with van der Waals surface area (Å²) in [6.07, 6.45) is 4.26. The number of amides is 2. The second-order valence-corrected chi connectivity index (χ2v) is 10.5. The molecule has 2 heterocycles. The number of fused-ring (bicyclic) bond motifs is 2. The molecule has 0 aliphatic carbocycles. The molecule has 3 aromatic carbocycles. The Balaban J connectivity index is 1.60. The fourth-order valence-corrected chi connectivity index (χ4v) is 6.05. The molecule has 5 nitrogen and oxygen atoms in total. The number of hydrogen-bond donors (Lipinski definition) is 0. The van der Waals surface area contributed by atoms with Gasteiger partial charge in [-0.1, -0.05) is 48.7 Å². The highest BCUT2D eigenvalue weighted by Crippen LogP contribution is 2.36. The first-order chi connectivity index (χ1) is 16.5. The number of hydrogen-bond acceptors (Lipinski definition) is 3. The number of nitrogens with zero attached hydrogens (tertiary/aromatic N) is 2. The zero-order valence-corrected chi connectivity index (χ0v) is 20.3. The Kier molecular flexibility index (Phi) is 6.53. The topological polar surface area (TPSA) is 57.7 Å². The highest BCUT2D eigenvalue weighted by molar-refractivity contribution is 7.85. The number of halogens is 1. The SMILES string of the molecule is O=C(c1ccc2c(c1)N(Cc1ccc(Cl)cc1)C(=O)c1ccccc1S2=O)N1CCCCCC1. The van der Waals surface area contributed by atoms with Gasteiger partial charge in [-0.3, -0.25) is 9.59 Å². The van der Waals surface area contributed by atoms with Crippen LogP contribution in [0.3, 0.4) is 0 Å². The molecule has 1 saturated heterocycles. The van der Waals surface area contributed by atoms with E-state index < -0.39 is 10.8 Å². The summed E-state index contributed by atoms with van der Waals surface area (Å²) in [5, 5.41) is 0.614. The summed E-state index contributed by atoms with van der Waals surface area (Å²) >= 11 is 6.05. The maximum absolute atomic E-state index is 13.7. The van der Waals surface area contributed by atoms with E-state index in [0.29, 0.717) is 31.6 Å². The summed E-state index contributed by atoms with van der Waals surface area (Å²) in [7, 11) is -1.55. The van der Waals surface area contributed by atoms with E-state index in [1.165, 1.54) is 0 Å². The molecule has 34 heavy (non-hydrogen) atoms. The monoisotopic (exact) mass is 492 g/mol. The van der Waals surface area contributed by atoms with Crippen LogP contribution in [0.5, 0.6) is 0 Å². The van der Waals surface area contributed by atoms with Gasteiger partial charge >= 0.3 is 0 Å². The molecule has 174 valence electrons. The Morgan fingerprint density at radius 2 is 1.59 bits per heavy atom. The van der Waals surface area contributed by atoms with Gasteiger partial charge in [-0.2, -0.15) is 0 Å². The lowest BCUT2D eigenvalue weighted by molar-refractivity contribution is 0.0761.